The molecule has 0 amide bonds. The second-order valence-corrected chi connectivity index (χ2v) is 8.93. The van der Waals surface area contributed by atoms with E-state index in [-0.39, 0.29) is 12.2 Å². The third-order valence-electron chi connectivity index (χ3n) is 6.22. The molecule has 2 heterocycles. The van der Waals surface area contributed by atoms with Crippen LogP contribution in [-0.4, -0.2) is 50.7 Å². The highest BCUT2D eigenvalue weighted by atomic mass is 16.8. The third-order valence-corrected chi connectivity index (χ3v) is 6.22. The Labute approximate surface area is 195 Å². The molecule has 4 rings (SSSR count). The van der Waals surface area contributed by atoms with E-state index in [4.69, 9.17) is 33.2 Å². The molecule has 7 nitrogen and oxygen atoms in total. The van der Waals surface area contributed by atoms with Gasteiger partial charge in [-0.2, -0.15) is 0 Å². The largest absolute Gasteiger partial charge is 0.497 e. The standard InChI is InChI=1S/C26H34O7/c1-6-26(17-29-15-18-7-11-20(27-4)12-8-18)23(22-24(33-26)32-25(2,3)31-22)30-16-19-9-13-21(28-5)14-10-19/h7-14,22-24H,6,15-17H2,1-5H3. The van der Waals surface area contributed by atoms with Crippen molar-refractivity contribution in [2.45, 2.75) is 70.3 Å². The summed E-state index contributed by atoms with van der Waals surface area (Å²) >= 11 is 0. The summed E-state index contributed by atoms with van der Waals surface area (Å²) < 4.78 is 41.7. The summed E-state index contributed by atoms with van der Waals surface area (Å²) in [6, 6.07) is 15.7. The Morgan fingerprint density at radius 1 is 0.788 bits per heavy atom. The highest BCUT2D eigenvalue weighted by Gasteiger charge is 2.62. The fourth-order valence-corrected chi connectivity index (χ4v) is 4.37. The summed E-state index contributed by atoms with van der Waals surface area (Å²) in [7, 11) is 3.31. The van der Waals surface area contributed by atoms with Gasteiger partial charge < -0.3 is 33.2 Å². The molecule has 0 aromatic heterocycles. The zero-order chi connectivity index (χ0) is 23.5. The van der Waals surface area contributed by atoms with Gasteiger partial charge in [-0.25, -0.2) is 0 Å². The highest BCUT2D eigenvalue weighted by Crippen LogP contribution is 2.45. The van der Waals surface area contributed by atoms with Gasteiger partial charge in [0.1, 0.15) is 29.3 Å². The number of ether oxygens (including phenoxy) is 7. The molecule has 0 bridgehead atoms. The lowest BCUT2D eigenvalue weighted by Crippen LogP contribution is -2.49. The van der Waals surface area contributed by atoms with Crippen molar-refractivity contribution in [1.29, 1.82) is 0 Å². The van der Waals surface area contributed by atoms with Gasteiger partial charge in [0.05, 0.1) is 34.0 Å². The molecule has 2 aromatic carbocycles. The maximum atomic E-state index is 6.44. The van der Waals surface area contributed by atoms with Gasteiger partial charge >= 0.3 is 0 Å². The lowest BCUT2D eigenvalue weighted by atomic mass is 9.93. The normalized spacial score (nSPS) is 28.0. The van der Waals surface area contributed by atoms with E-state index in [0.717, 1.165) is 22.6 Å². The van der Waals surface area contributed by atoms with E-state index in [2.05, 4.69) is 6.92 Å². The second kappa shape index (κ2) is 9.99. The van der Waals surface area contributed by atoms with Crippen LogP contribution in [0, 0.1) is 0 Å². The fourth-order valence-electron chi connectivity index (χ4n) is 4.37. The smallest absolute Gasteiger partial charge is 0.190 e. The molecule has 33 heavy (non-hydrogen) atoms. The van der Waals surface area contributed by atoms with Gasteiger partial charge in [0, 0.05) is 0 Å². The molecule has 0 N–H and O–H groups in total. The molecule has 4 unspecified atom stereocenters. The van der Waals surface area contributed by atoms with Gasteiger partial charge in [-0.3, -0.25) is 0 Å². The summed E-state index contributed by atoms with van der Waals surface area (Å²) in [5, 5.41) is 0. The van der Waals surface area contributed by atoms with E-state index in [1.807, 2.05) is 62.4 Å². The van der Waals surface area contributed by atoms with Crippen molar-refractivity contribution in [3.05, 3.63) is 59.7 Å². The number of benzene rings is 2. The molecule has 7 heteroatoms. The molecular formula is C26H34O7. The minimum Gasteiger partial charge on any atom is -0.497 e. The van der Waals surface area contributed by atoms with Crippen LogP contribution in [0.15, 0.2) is 48.5 Å². The van der Waals surface area contributed by atoms with E-state index >= 15 is 0 Å². The Hall–Kier alpha value is -2.16. The van der Waals surface area contributed by atoms with Crippen molar-refractivity contribution in [1.82, 2.24) is 0 Å². The van der Waals surface area contributed by atoms with Crippen molar-refractivity contribution in [3.8, 4) is 11.5 Å². The van der Waals surface area contributed by atoms with Crippen LogP contribution >= 0.6 is 0 Å². The van der Waals surface area contributed by atoms with Crippen LogP contribution in [0.4, 0.5) is 0 Å². The van der Waals surface area contributed by atoms with Crippen molar-refractivity contribution in [3.63, 3.8) is 0 Å². The molecule has 180 valence electrons. The van der Waals surface area contributed by atoms with E-state index in [1.165, 1.54) is 0 Å². The molecular weight excluding hydrogens is 424 g/mol. The lowest BCUT2D eigenvalue weighted by molar-refractivity contribution is -0.255. The first kappa shape index (κ1) is 24.0. The Kier molecular flexibility index (Phi) is 7.26. The van der Waals surface area contributed by atoms with E-state index in [1.54, 1.807) is 14.2 Å². The van der Waals surface area contributed by atoms with Crippen LogP contribution in [-0.2, 0) is 36.9 Å². The van der Waals surface area contributed by atoms with Gasteiger partial charge in [-0.05, 0) is 55.7 Å². The number of hydrogen-bond donors (Lipinski definition) is 0. The van der Waals surface area contributed by atoms with Gasteiger partial charge in [0.25, 0.3) is 0 Å². The average Bonchev–Trinajstić information content (AvgIpc) is 3.27. The van der Waals surface area contributed by atoms with Crippen LogP contribution in [0.2, 0.25) is 0 Å². The zero-order valence-corrected chi connectivity index (χ0v) is 20.0. The Balaban J connectivity index is 1.45. The quantitative estimate of drug-likeness (QED) is 0.521. The summed E-state index contributed by atoms with van der Waals surface area (Å²) in [5.74, 6) is 0.910. The summed E-state index contributed by atoms with van der Waals surface area (Å²) in [6.45, 7) is 7.11. The maximum absolute atomic E-state index is 6.44. The summed E-state index contributed by atoms with van der Waals surface area (Å²) in [5.41, 5.74) is 1.43. The second-order valence-electron chi connectivity index (χ2n) is 8.93. The topological polar surface area (TPSA) is 64.6 Å². The zero-order valence-electron chi connectivity index (χ0n) is 20.0. The molecule has 2 aliphatic heterocycles. The van der Waals surface area contributed by atoms with E-state index in [9.17, 15) is 0 Å². The molecule has 0 spiro atoms. The molecule has 2 saturated heterocycles. The molecule has 0 aliphatic carbocycles. The minimum atomic E-state index is -0.721. The molecule has 2 aromatic rings. The van der Waals surface area contributed by atoms with Gasteiger partial charge in [0.2, 0.25) is 0 Å². The maximum Gasteiger partial charge on any atom is 0.190 e. The van der Waals surface area contributed by atoms with Crippen molar-refractivity contribution >= 4 is 0 Å². The molecule has 2 aliphatic rings. The van der Waals surface area contributed by atoms with Gasteiger partial charge in [0.15, 0.2) is 12.1 Å². The summed E-state index contributed by atoms with van der Waals surface area (Å²) in [6.07, 6.45) is -0.469. The van der Waals surface area contributed by atoms with Gasteiger partial charge in [-0.1, -0.05) is 31.2 Å². The van der Waals surface area contributed by atoms with Gasteiger partial charge in [-0.15, -0.1) is 0 Å². The minimum absolute atomic E-state index is 0.331. The SMILES string of the molecule is CCC1(COCc2ccc(OC)cc2)OC2OC(C)(C)OC2C1OCc1ccc(OC)cc1. The van der Waals surface area contributed by atoms with E-state index in [0.29, 0.717) is 26.2 Å². The highest BCUT2D eigenvalue weighted by molar-refractivity contribution is 5.27. The first-order valence-corrected chi connectivity index (χ1v) is 11.4. The molecule has 4 atom stereocenters. The molecule has 0 radical (unpaired) electrons. The lowest BCUT2D eigenvalue weighted by Gasteiger charge is -2.36. The van der Waals surface area contributed by atoms with E-state index < -0.39 is 17.7 Å². The van der Waals surface area contributed by atoms with Crippen LogP contribution in [0.5, 0.6) is 11.5 Å². The first-order chi connectivity index (χ1) is 15.9. The van der Waals surface area contributed by atoms with Crippen molar-refractivity contribution < 1.29 is 33.2 Å². The Morgan fingerprint density at radius 3 is 1.91 bits per heavy atom. The average molecular weight is 459 g/mol. The predicted octanol–water partition coefficient (Wildman–Crippen LogP) is 4.46. The molecule has 0 saturated carbocycles. The van der Waals surface area contributed by atoms with Crippen LogP contribution in [0.1, 0.15) is 38.3 Å². The summed E-state index contributed by atoms with van der Waals surface area (Å²) in [4.78, 5) is 0. The Bertz CT molecular complexity index is 896. The third kappa shape index (κ3) is 5.34. The first-order valence-electron chi connectivity index (χ1n) is 11.4. The fraction of sp³-hybridized carbons (Fsp3) is 0.538. The van der Waals surface area contributed by atoms with Crippen LogP contribution in [0.25, 0.3) is 0 Å². The number of fused-ring (bicyclic) bond motifs is 1. The number of hydrogen-bond acceptors (Lipinski definition) is 7. The van der Waals surface area contributed by atoms with Crippen molar-refractivity contribution in [2.75, 3.05) is 20.8 Å². The van der Waals surface area contributed by atoms with Crippen LogP contribution in [0.3, 0.4) is 0 Å². The van der Waals surface area contributed by atoms with Crippen LogP contribution < -0.4 is 9.47 Å². The number of methoxy groups -OCH3 is 2. The monoisotopic (exact) mass is 458 g/mol. The number of rotatable bonds is 10. The Morgan fingerprint density at radius 2 is 1.36 bits per heavy atom. The molecule has 2 fully saturated rings. The predicted molar refractivity (Wildman–Crippen MR) is 122 cm³/mol. The van der Waals surface area contributed by atoms with Crippen molar-refractivity contribution in [2.24, 2.45) is 0 Å².